The smallest absolute Gasteiger partial charge is 0.419 e. The van der Waals surface area contributed by atoms with Gasteiger partial charge in [0.15, 0.2) is 5.65 Å². The average Bonchev–Trinajstić information content (AvgIpc) is 3.67. The fraction of sp³-hybridized carbons (Fsp3) is 0.263. The number of rotatable bonds is 13. The first-order chi connectivity index (χ1) is 25.6. The Labute approximate surface area is 305 Å². The summed E-state index contributed by atoms with van der Waals surface area (Å²) in [5, 5.41) is 18.2. The summed E-state index contributed by atoms with van der Waals surface area (Å²) in [5.74, 6) is 10.8. The molecule has 2 N–H and O–H groups in total. The van der Waals surface area contributed by atoms with E-state index in [-0.39, 0.29) is 44.0 Å². The fourth-order valence-electron chi connectivity index (χ4n) is 5.43. The molecule has 10 nitrogen and oxygen atoms in total. The van der Waals surface area contributed by atoms with E-state index in [9.17, 15) is 22.4 Å². The van der Waals surface area contributed by atoms with E-state index in [0.29, 0.717) is 42.0 Å². The van der Waals surface area contributed by atoms with Crippen LogP contribution in [-0.4, -0.2) is 49.2 Å². The number of ether oxygens (including phenoxy) is 2. The Bertz CT molecular complexity index is 2420. The lowest BCUT2D eigenvalue weighted by Crippen LogP contribution is -2.23. The minimum Gasteiger partial charge on any atom is -0.493 e. The van der Waals surface area contributed by atoms with Gasteiger partial charge in [0.1, 0.15) is 41.0 Å². The molecule has 0 fully saturated rings. The van der Waals surface area contributed by atoms with Gasteiger partial charge in [-0.15, -0.1) is 11.3 Å². The Morgan fingerprint density at radius 3 is 2.70 bits per heavy atom. The predicted octanol–water partition coefficient (Wildman–Crippen LogP) is 5.63. The van der Waals surface area contributed by atoms with Crippen LogP contribution in [0.5, 0.6) is 11.5 Å². The highest BCUT2D eigenvalue weighted by Gasteiger charge is 2.34. The number of benzene rings is 2. The zero-order valence-electron chi connectivity index (χ0n) is 28.3. The van der Waals surface area contributed by atoms with Crippen molar-refractivity contribution < 1.29 is 32.1 Å². The Kier molecular flexibility index (Phi) is 11.7. The number of pyridine rings is 1. The lowest BCUT2D eigenvalue weighted by molar-refractivity contribution is -0.140. The van der Waals surface area contributed by atoms with Gasteiger partial charge in [-0.2, -0.15) is 18.3 Å². The normalized spacial score (nSPS) is 11.3. The van der Waals surface area contributed by atoms with Crippen LogP contribution in [0.3, 0.4) is 0 Å². The van der Waals surface area contributed by atoms with Crippen LogP contribution in [0.15, 0.2) is 71.8 Å². The molecule has 4 heterocycles. The Hall–Kier alpha value is -5.74. The number of aliphatic hydroxyl groups excluding tert-OH is 1. The number of aliphatic hydroxyl groups is 1. The topological polar surface area (TPSA) is 116 Å². The van der Waals surface area contributed by atoms with Crippen molar-refractivity contribution in [3.05, 3.63) is 111 Å². The largest absolute Gasteiger partial charge is 0.493 e. The van der Waals surface area contributed by atoms with Crippen LogP contribution in [0.4, 0.5) is 17.6 Å². The van der Waals surface area contributed by atoms with Crippen LogP contribution >= 0.6 is 11.3 Å². The van der Waals surface area contributed by atoms with Crippen molar-refractivity contribution in [2.75, 3.05) is 19.8 Å². The van der Waals surface area contributed by atoms with Gasteiger partial charge in [-0.3, -0.25) is 9.78 Å². The molecule has 0 aliphatic heterocycles. The van der Waals surface area contributed by atoms with Crippen LogP contribution in [0, 0.1) is 29.5 Å². The lowest BCUT2D eigenvalue weighted by Gasteiger charge is -2.15. The molecule has 0 saturated carbocycles. The van der Waals surface area contributed by atoms with E-state index in [4.69, 9.17) is 19.6 Å². The molecule has 0 unspecified atom stereocenters. The van der Waals surface area contributed by atoms with Gasteiger partial charge in [-0.25, -0.2) is 14.1 Å². The second-order valence-corrected chi connectivity index (χ2v) is 12.7. The molecule has 0 saturated heterocycles. The number of aromatic nitrogens is 5. The quantitative estimate of drug-likeness (QED) is 0.0890. The highest BCUT2D eigenvalue weighted by atomic mass is 32.1. The van der Waals surface area contributed by atoms with Gasteiger partial charge >= 0.3 is 6.18 Å². The minimum absolute atomic E-state index is 0.0588. The zero-order valence-corrected chi connectivity index (χ0v) is 29.2. The third-order valence-electron chi connectivity index (χ3n) is 7.96. The summed E-state index contributed by atoms with van der Waals surface area (Å²) >= 11 is 1.52. The van der Waals surface area contributed by atoms with Gasteiger partial charge in [0.05, 0.1) is 29.7 Å². The van der Waals surface area contributed by atoms with Crippen LogP contribution in [0.25, 0.3) is 21.3 Å². The number of alkyl halides is 3. The number of halogens is 4. The van der Waals surface area contributed by atoms with Crippen LogP contribution in [-0.2, 0) is 39.3 Å². The number of fused-ring (bicyclic) bond motifs is 3. The first-order valence-corrected chi connectivity index (χ1v) is 17.2. The summed E-state index contributed by atoms with van der Waals surface area (Å²) in [6, 6.07) is 13.5. The standard InChI is InChI=1S/C38H32F4N6O4S/c1-47-34-29(35-36(47)46-33(53-35)21-27-9-5-6-14-44-27)23-45-48(37(34)50)16-7-3-2-4-8-18-51-28-11-13-32(26(20-28)22-43-15-17-49)52-24-25-10-12-31(39)30(19-25)38(40,41)42/h5-6,9-14,19-20,23,43,49H,8,15-18,21-22,24H2,1H3. The van der Waals surface area contributed by atoms with Crippen molar-refractivity contribution >= 4 is 32.6 Å². The summed E-state index contributed by atoms with van der Waals surface area (Å²) in [5.41, 5.74) is 1.31. The summed E-state index contributed by atoms with van der Waals surface area (Å²) in [6.07, 6.45) is -0.451. The maximum atomic E-state index is 13.7. The van der Waals surface area contributed by atoms with Gasteiger partial charge < -0.3 is 24.5 Å². The molecule has 2 aromatic carbocycles. The Morgan fingerprint density at radius 2 is 1.91 bits per heavy atom. The Balaban J connectivity index is 1.03. The highest BCUT2D eigenvalue weighted by Crippen LogP contribution is 2.33. The molecule has 0 bridgehead atoms. The van der Waals surface area contributed by atoms with Crippen molar-refractivity contribution in [2.24, 2.45) is 7.05 Å². The molecular formula is C38H32F4N6O4S. The van der Waals surface area contributed by atoms with Crippen molar-refractivity contribution in [1.82, 2.24) is 29.6 Å². The molecule has 0 radical (unpaired) electrons. The number of aryl methyl sites for hydroxylation is 1. The van der Waals surface area contributed by atoms with Crippen molar-refractivity contribution in [3.63, 3.8) is 0 Å². The molecule has 0 atom stereocenters. The van der Waals surface area contributed by atoms with E-state index >= 15 is 0 Å². The number of hydrogen-bond donors (Lipinski definition) is 2. The van der Waals surface area contributed by atoms with E-state index in [0.717, 1.165) is 38.6 Å². The molecule has 15 heteroatoms. The molecule has 4 aromatic heterocycles. The molecule has 272 valence electrons. The summed E-state index contributed by atoms with van der Waals surface area (Å²) in [6.45, 7) is 0.590. The second-order valence-electron chi connectivity index (χ2n) is 11.7. The molecular weight excluding hydrogens is 713 g/mol. The second kappa shape index (κ2) is 16.7. The third-order valence-corrected chi connectivity index (χ3v) is 9.04. The average molecular weight is 745 g/mol. The summed E-state index contributed by atoms with van der Waals surface area (Å²) in [7, 11) is 1.81. The van der Waals surface area contributed by atoms with Crippen LogP contribution < -0.4 is 20.3 Å². The monoisotopic (exact) mass is 744 g/mol. The van der Waals surface area contributed by atoms with Gasteiger partial charge in [0, 0.05) is 55.8 Å². The lowest BCUT2D eigenvalue weighted by atomic mass is 10.1. The van der Waals surface area contributed by atoms with Crippen LogP contribution in [0.1, 0.15) is 33.8 Å². The van der Waals surface area contributed by atoms with E-state index in [1.54, 1.807) is 35.2 Å². The number of nitrogens with one attached hydrogen (secondary N) is 1. The zero-order chi connectivity index (χ0) is 37.4. The molecule has 0 aliphatic rings. The first-order valence-electron chi connectivity index (χ1n) is 16.4. The molecule has 0 spiro atoms. The van der Waals surface area contributed by atoms with E-state index in [2.05, 4.69) is 39.1 Å². The SMILES string of the molecule is Cn1c2nc(Cc3ccccn3)sc2c2cnn(CC#CC#CCCOc3ccc(OCc4ccc(F)c(C(F)(F)F)c4)c(CNCCO)c3)c(=O)c21. The van der Waals surface area contributed by atoms with Gasteiger partial charge in [0.25, 0.3) is 5.56 Å². The maximum Gasteiger partial charge on any atom is 0.419 e. The predicted molar refractivity (Wildman–Crippen MR) is 192 cm³/mol. The maximum absolute atomic E-state index is 13.7. The molecule has 0 amide bonds. The molecule has 6 aromatic rings. The first kappa shape index (κ1) is 37.0. The van der Waals surface area contributed by atoms with Crippen molar-refractivity contribution in [2.45, 2.75) is 38.7 Å². The van der Waals surface area contributed by atoms with Crippen molar-refractivity contribution in [1.29, 1.82) is 0 Å². The van der Waals surface area contributed by atoms with E-state index in [1.807, 2.05) is 25.2 Å². The molecule has 0 aliphatic carbocycles. The number of nitrogens with zero attached hydrogens (tertiary/aromatic N) is 5. The molecule has 53 heavy (non-hydrogen) atoms. The molecule has 6 rings (SSSR count). The van der Waals surface area contributed by atoms with Gasteiger partial charge in [-0.1, -0.05) is 24.0 Å². The number of hydrogen-bond acceptors (Lipinski definition) is 9. The highest BCUT2D eigenvalue weighted by molar-refractivity contribution is 7.19. The number of thiazole rings is 1. The Morgan fingerprint density at radius 1 is 1.06 bits per heavy atom. The minimum atomic E-state index is -4.82. The fourth-order valence-corrected chi connectivity index (χ4v) is 6.55. The van der Waals surface area contributed by atoms with E-state index < -0.39 is 17.6 Å². The van der Waals surface area contributed by atoms with Gasteiger partial charge in [-0.05, 0) is 59.9 Å². The van der Waals surface area contributed by atoms with Gasteiger partial charge in [0.2, 0.25) is 0 Å². The third kappa shape index (κ3) is 9.02. The summed E-state index contributed by atoms with van der Waals surface area (Å²) in [4.78, 5) is 22.4. The van der Waals surface area contributed by atoms with E-state index in [1.165, 1.54) is 22.1 Å². The van der Waals surface area contributed by atoms with Crippen LogP contribution in [0.2, 0.25) is 0 Å². The van der Waals surface area contributed by atoms with Crippen molar-refractivity contribution in [3.8, 4) is 35.2 Å². The summed E-state index contributed by atoms with van der Waals surface area (Å²) < 4.78 is 68.6.